The minimum atomic E-state index is -0.386. The van der Waals surface area contributed by atoms with Crippen LogP contribution in [0.15, 0.2) is 42.0 Å². The minimum Gasteiger partial charge on any atom is -0.494 e. The third kappa shape index (κ3) is 3.29. The zero-order valence-electron chi connectivity index (χ0n) is 14.5. The summed E-state index contributed by atoms with van der Waals surface area (Å²) in [5, 5.41) is 2.23. The molecule has 0 unspecified atom stereocenters. The van der Waals surface area contributed by atoms with Gasteiger partial charge in [-0.3, -0.25) is 10.2 Å². The molecule has 1 aliphatic heterocycles. The van der Waals surface area contributed by atoms with E-state index in [-0.39, 0.29) is 11.4 Å². The molecule has 2 N–H and O–H groups in total. The number of amides is 1. The predicted molar refractivity (Wildman–Crippen MR) is 97.7 cm³/mol. The first-order valence-corrected chi connectivity index (χ1v) is 8.46. The van der Waals surface area contributed by atoms with Gasteiger partial charge >= 0.3 is 0 Å². The van der Waals surface area contributed by atoms with Crippen molar-refractivity contribution in [2.24, 2.45) is 0 Å². The smallest absolute Gasteiger partial charge is 0.263 e. The second-order valence-electron chi connectivity index (χ2n) is 6.69. The Hall–Kier alpha value is -2.33. The van der Waals surface area contributed by atoms with E-state index < -0.39 is 0 Å². The summed E-state index contributed by atoms with van der Waals surface area (Å²) >= 11 is 0. The average molecular weight is 324 g/mol. The van der Waals surface area contributed by atoms with Crippen molar-refractivity contribution >= 4 is 22.8 Å². The molecule has 0 bridgehead atoms. The molecule has 0 aliphatic carbocycles. The number of carbonyl (C=O) groups excluding carboxylic acids is 1. The van der Waals surface area contributed by atoms with E-state index in [0.717, 1.165) is 47.1 Å². The minimum absolute atomic E-state index is 0.0727. The molecule has 0 radical (unpaired) electrons. The van der Waals surface area contributed by atoms with E-state index in [0.29, 0.717) is 0 Å². The van der Waals surface area contributed by atoms with Gasteiger partial charge < -0.3 is 4.74 Å². The Morgan fingerprint density at radius 3 is 2.75 bits per heavy atom. The number of rotatable bonds is 5. The van der Waals surface area contributed by atoms with Crippen LogP contribution in [0.2, 0.25) is 0 Å². The van der Waals surface area contributed by atoms with Crippen LogP contribution in [0.5, 0.6) is 5.75 Å². The van der Waals surface area contributed by atoms with Crippen LogP contribution in [0.3, 0.4) is 0 Å². The molecular formula is C20H24N2O2. The number of hydrogen-bond acceptors (Lipinski definition) is 3. The largest absolute Gasteiger partial charge is 0.494 e. The Labute approximate surface area is 142 Å². The number of benzene rings is 2. The van der Waals surface area contributed by atoms with Gasteiger partial charge in [0.05, 0.1) is 12.1 Å². The number of ether oxygens (including phenoxy) is 1. The molecule has 1 saturated heterocycles. The lowest BCUT2D eigenvalue weighted by Gasteiger charge is -2.17. The lowest BCUT2D eigenvalue weighted by molar-refractivity contribution is -0.116. The molecule has 0 spiro atoms. The third-order valence-electron chi connectivity index (χ3n) is 4.36. The summed E-state index contributed by atoms with van der Waals surface area (Å²) in [6.07, 6.45) is 4.15. The highest BCUT2D eigenvalue weighted by Gasteiger charge is 2.34. The van der Waals surface area contributed by atoms with E-state index >= 15 is 0 Å². The van der Waals surface area contributed by atoms with Crippen LogP contribution in [0.4, 0.5) is 0 Å². The molecule has 2 aromatic rings. The van der Waals surface area contributed by atoms with Crippen LogP contribution in [0.25, 0.3) is 16.8 Å². The molecule has 4 heteroatoms. The normalized spacial score (nSPS) is 18.1. The highest BCUT2D eigenvalue weighted by atomic mass is 16.5. The summed E-state index contributed by atoms with van der Waals surface area (Å²) in [6.45, 7) is 6.87. The number of unbranched alkanes of at least 4 members (excludes halogenated alkanes) is 1. The second kappa shape index (κ2) is 6.65. The van der Waals surface area contributed by atoms with Crippen molar-refractivity contribution < 1.29 is 9.53 Å². The molecule has 1 heterocycles. The molecule has 1 amide bonds. The quantitative estimate of drug-likeness (QED) is 0.649. The molecule has 3 rings (SSSR count). The van der Waals surface area contributed by atoms with Crippen molar-refractivity contribution in [3.05, 3.63) is 47.5 Å². The molecular weight excluding hydrogens is 300 g/mol. The topological polar surface area (TPSA) is 50.4 Å². The average Bonchev–Trinajstić information content (AvgIpc) is 2.82. The summed E-state index contributed by atoms with van der Waals surface area (Å²) in [7, 11) is 0. The van der Waals surface area contributed by atoms with Crippen LogP contribution in [0, 0.1) is 0 Å². The molecule has 0 aromatic heterocycles. The first-order valence-electron chi connectivity index (χ1n) is 8.46. The predicted octanol–water partition coefficient (Wildman–Crippen LogP) is 3.82. The standard InChI is InChI=1S/C20H24N2O2/c1-4-5-11-24-16-9-10-17-14(12-16)7-6-8-15(17)13-18-19(23)21-22-20(18,2)3/h6-10,12-13,22H,4-5,11H2,1-3H3,(H,21,23)/b18-13+. The molecule has 1 fully saturated rings. The van der Waals surface area contributed by atoms with Gasteiger partial charge in [0.2, 0.25) is 0 Å². The van der Waals surface area contributed by atoms with Crippen molar-refractivity contribution in [2.45, 2.75) is 39.2 Å². The van der Waals surface area contributed by atoms with Gasteiger partial charge in [-0.05, 0) is 54.8 Å². The molecule has 24 heavy (non-hydrogen) atoms. The monoisotopic (exact) mass is 324 g/mol. The lowest BCUT2D eigenvalue weighted by atomic mass is 9.92. The number of carbonyl (C=O) groups is 1. The van der Waals surface area contributed by atoms with Crippen LogP contribution in [0.1, 0.15) is 39.2 Å². The fraction of sp³-hybridized carbons (Fsp3) is 0.350. The summed E-state index contributed by atoms with van der Waals surface area (Å²) < 4.78 is 5.79. The highest BCUT2D eigenvalue weighted by molar-refractivity contribution is 6.04. The van der Waals surface area contributed by atoms with Gasteiger partial charge in [-0.2, -0.15) is 0 Å². The summed E-state index contributed by atoms with van der Waals surface area (Å²) in [6, 6.07) is 12.2. The van der Waals surface area contributed by atoms with Gasteiger partial charge in [-0.25, -0.2) is 5.43 Å². The molecule has 126 valence electrons. The molecule has 0 atom stereocenters. The first-order chi connectivity index (χ1) is 11.5. The molecule has 1 aliphatic rings. The zero-order valence-corrected chi connectivity index (χ0v) is 14.5. The van der Waals surface area contributed by atoms with Crippen molar-refractivity contribution in [2.75, 3.05) is 6.61 Å². The fourth-order valence-electron chi connectivity index (χ4n) is 2.87. The summed E-state index contributed by atoms with van der Waals surface area (Å²) in [4.78, 5) is 12.1. The number of hydrogen-bond donors (Lipinski definition) is 2. The van der Waals surface area contributed by atoms with E-state index in [1.807, 2.05) is 38.1 Å². The van der Waals surface area contributed by atoms with E-state index in [1.54, 1.807) is 0 Å². The van der Waals surface area contributed by atoms with Gasteiger partial charge in [0, 0.05) is 5.57 Å². The van der Waals surface area contributed by atoms with Crippen molar-refractivity contribution in [3.8, 4) is 5.75 Å². The van der Waals surface area contributed by atoms with Gasteiger partial charge in [0.1, 0.15) is 5.75 Å². The third-order valence-corrected chi connectivity index (χ3v) is 4.36. The van der Waals surface area contributed by atoms with Crippen LogP contribution in [-0.4, -0.2) is 18.1 Å². The second-order valence-corrected chi connectivity index (χ2v) is 6.69. The van der Waals surface area contributed by atoms with E-state index in [1.165, 1.54) is 0 Å². The van der Waals surface area contributed by atoms with Crippen molar-refractivity contribution in [1.82, 2.24) is 10.9 Å². The maximum atomic E-state index is 12.1. The van der Waals surface area contributed by atoms with Gasteiger partial charge in [0.15, 0.2) is 0 Å². The summed E-state index contributed by atoms with van der Waals surface area (Å²) in [5.41, 5.74) is 7.09. The van der Waals surface area contributed by atoms with Gasteiger partial charge in [-0.15, -0.1) is 0 Å². The van der Waals surface area contributed by atoms with Crippen LogP contribution in [-0.2, 0) is 4.79 Å². The number of fused-ring (bicyclic) bond motifs is 1. The van der Waals surface area contributed by atoms with Crippen molar-refractivity contribution in [1.29, 1.82) is 0 Å². The highest BCUT2D eigenvalue weighted by Crippen LogP contribution is 2.28. The number of hydrazine groups is 1. The van der Waals surface area contributed by atoms with Gasteiger partial charge in [0.25, 0.3) is 5.91 Å². The van der Waals surface area contributed by atoms with Crippen molar-refractivity contribution in [3.63, 3.8) is 0 Å². The molecule has 4 nitrogen and oxygen atoms in total. The fourth-order valence-corrected chi connectivity index (χ4v) is 2.87. The Morgan fingerprint density at radius 1 is 1.21 bits per heavy atom. The maximum absolute atomic E-state index is 12.1. The van der Waals surface area contributed by atoms with Crippen LogP contribution >= 0.6 is 0 Å². The van der Waals surface area contributed by atoms with E-state index in [9.17, 15) is 4.79 Å². The van der Waals surface area contributed by atoms with E-state index in [2.05, 4.69) is 36.0 Å². The Bertz CT molecular complexity index is 793. The Balaban J connectivity index is 1.96. The van der Waals surface area contributed by atoms with E-state index in [4.69, 9.17) is 4.74 Å². The molecule has 2 aromatic carbocycles. The number of nitrogens with one attached hydrogen (secondary N) is 2. The maximum Gasteiger partial charge on any atom is 0.263 e. The SMILES string of the molecule is CCCCOc1ccc2c(/C=C3\C(=O)NNC3(C)C)cccc2c1. The summed E-state index contributed by atoms with van der Waals surface area (Å²) in [5.74, 6) is 0.817. The zero-order chi connectivity index (χ0) is 17.2. The van der Waals surface area contributed by atoms with Gasteiger partial charge in [-0.1, -0.05) is 37.6 Å². The lowest BCUT2D eigenvalue weighted by Crippen LogP contribution is -2.38. The molecule has 0 saturated carbocycles. The first kappa shape index (κ1) is 16.5. The van der Waals surface area contributed by atoms with Crippen LogP contribution < -0.4 is 15.6 Å². The Morgan fingerprint density at radius 2 is 2.04 bits per heavy atom. The Kier molecular flexibility index (Phi) is 4.58.